The van der Waals surface area contributed by atoms with Crippen LogP contribution in [0.3, 0.4) is 0 Å². The Balaban J connectivity index is 1.97. The minimum absolute atomic E-state index is 0.634. The van der Waals surface area contributed by atoms with Crippen LogP contribution in [0.2, 0.25) is 0 Å². The van der Waals surface area contributed by atoms with E-state index in [4.69, 9.17) is 4.74 Å². The number of anilines is 1. The molecule has 1 aromatic rings. The van der Waals surface area contributed by atoms with Crippen molar-refractivity contribution in [2.45, 2.75) is 25.8 Å². The fraction of sp³-hybridized carbons (Fsp3) is 0.625. The topological polar surface area (TPSA) is 15.7 Å². The first-order chi connectivity index (χ1) is 9.20. The van der Waals surface area contributed by atoms with Gasteiger partial charge in [-0.3, -0.25) is 0 Å². The predicted molar refractivity (Wildman–Crippen MR) is 80.9 cm³/mol. The highest BCUT2D eigenvalue weighted by Gasteiger charge is 2.12. The van der Waals surface area contributed by atoms with Crippen LogP contribution in [-0.4, -0.2) is 51.3 Å². The highest BCUT2D eigenvalue weighted by Crippen LogP contribution is 2.18. The third-order valence-electron chi connectivity index (χ3n) is 3.99. The molecule has 1 aliphatic rings. The maximum Gasteiger partial charge on any atom is 0.0642 e. The molecule has 3 nitrogen and oxygen atoms in total. The Hall–Kier alpha value is -1.06. The van der Waals surface area contributed by atoms with Crippen molar-refractivity contribution in [1.29, 1.82) is 0 Å². The van der Waals surface area contributed by atoms with Crippen molar-refractivity contribution in [3.8, 4) is 0 Å². The first-order valence-corrected chi connectivity index (χ1v) is 7.28. The van der Waals surface area contributed by atoms with E-state index in [9.17, 15) is 0 Å². The van der Waals surface area contributed by atoms with Crippen molar-refractivity contribution in [3.63, 3.8) is 0 Å². The Bertz CT molecular complexity index is 369. The van der Waals surface area contributed by atoms with Gasteiger partial charge in [0.15, 0.2) is 0 Å². The monoisotopic (exact) mass is 262 g/mol. The molecular formula is C16H26N2O. The van der Waals surface area contributed by atoms with Crippen LogP contribution in [-0.2, 0) is 11.2 Å². The molecule has 0 aromatic heterocycles. The zero-order chi connectivity index (χ0) is 13.7. The van der Waals surface area contributed by atoms with Crippen LogP contribution in [0.4, 0.5) is 5.69 Å². The van der Waals surface area contributed by atoms with E-state index in [1.165, 1.54) is 17.7 Å². The van der Waals surface area contributed by atoms with Crippen LogP contribution in [0.25, 0.3) is 0 Å². The van der Waals surface area contributed by atoms with E-state index in [2.05, 4.69) is 55.1 Å². The number of rotatable bonds is 5. The van der Waals surface area contributed by atoms with Crippen molar-refractivity contribution in [1.82, 2.24) is 4.90 Å². The molecule has 0 saturated carbocycles. The first kappa shape index (κ1) is 14.4. The molecule has 1 aromatic carbocycles. The van der Waals surface area contributed by atoms with Crippen molar-refractivity contribution in [2.24, 2.45) is 0 Å². The van der Waals surface area contributed by atoms with Gasteiger partial charge < -0.3 is 14.5 Å². The summed E-state index contributed by atoms with van der Waals surface area (Å²) in [5.41, 5.74) is 2.75. The molecular weight excluding hydrogens is 236 g/mol. The number of hydrogen-bond donors (Lipinski definition) is 0. The average molecular weight is 262 g/mol. The van der Waals surface area contributed by atoms with E-state index in [1.807, 2.05) is 0 Å². The summed E-state index contributed by atoms with van der Waals surface area (Å²) in [4.78, 5) is 4.71. The number of ether oxygens (including phenoxy) is 1. The van der Waals surface area contributed by atoms with E-state index in [1.54, 1.807) is 0 Å². The largest absolute Gasteiger partial charge is 0.378 e. The quantitative estimate of drug-likeness (QED) is 0.810. The fourth-order valence-electron chi connectivity index (χ4n) is 2.63. The maximum absolute atomic E-state index is 5.39. The number of hydrogen-bond acceptors (Lipinski definition) is 3. The van der Waals surface area contributed by atoms with E-state index < -0.39 is 0 Å². The zero-order valence-corrected chi connectivity index (χ0v) is 12.4. The number of likely N-dealkylation sites (N-methyl/N-ethyl adjacent to an activating group) is 1. The van der Waals surface area contributed by atoms with E-state index >= 15 is 0 Å². The SMILES string of the molecule is CCC(Cc1ccc(N2CCOCC2)cc1)N(C)C. The average Bonchev–Trinajstić information content (AvgIpc) is 2.46. The molecule has 3 heteroatoms. The van der Waals surface area contributed by atoms with Gasteiger partial charge in [-0.1, -0.05) is 19.1 Å². The van der Waals surface area contributed by atoms with Crippen molar-refractivity contribution in [2.75, 3.05) is 45.3 Å². The Morgan fingerprint density at radius 3 is 2.32 bits per heavy atom. The molecule has 106 valence electrons. The van der Waals surface area contributed by atoms with Gasteiger partial charge in [0.1, 0.15) is 0 Å². The van der Waals surface area contributed by atoms with E-state index in [-0.39, 0.29) is 0 Å². The molecule has 0 spiro atoms. The lowest BCUT2D eigenvalue weighted by Gasteiger charge is -2.29. The van der Waals surface area contributed by atoms with Gasteiger partial charge in [0.2, 0.25) is 0 Å². The lowest BCUT2D eigenvalue weighted by atomic mass is 10.0. The third kappa shape index (κ3) is 3.95. The van der Waals surface area contributed by atoms with Crippen LogP contribution in [0.5, 0.6) is 0 Å². The highest BCUT2D eigenvalue weighted by molar-refractivity contribution is 5.48. The summed E-state index contributed by atoms with van der Waals surface area (Å²) in [6.45, 7) is 5.97. The highest BCUT2D eigenvalue weighted by atomic mass is 16.5. The first-order valence-electron chi connectivity index (χ1n) is 7.28. The molecule has 1 saturated heterocycles. The molecule has 1 unspecified atom stereocenters. The lowest BCUT2D eigenvalue weighted by molar-refractivity contribution is 0.122. The second kappa shape index (κ2) is 6.92. The Labute approximate surface area is 117 Å². The minimum atomic E-state index is 0.634. The molecule has 0 aliphatic carbocycles. The normalized spacial score (nSPS) is 17.8. The predicted octanol–water partition coefficient (Wildman–Crippen LogP) is 2.41. The Kier molecular flexibility index (Phi) is 5.23. The van der Waals surface area contributed by atoms with Crippen LogP contribution in [0.1, 0.15) is 18.9 Å². The zero-order valence-electron chi connectivity index (χ0n) is 12.4. The summed E-state index contributed by atoms with van der Waals surface area (Å²) in [7, 11) is 4.33. The molecule has 1 heterocycles. The fourth-order valence-corrected chi connectivity index (χ4v) is 2.63. The third-order valence-corrected chi connectivity index (χ3v) is 3.99. The number of nitrogens with zero attached hydrogens (tertiary/aromatic N) is 2. The summed E-state index contributed by atoms with van der Waals surface area (Å²) < 4.78 is 5.39. The van der Waals surface area contributed by atoms with Gasteiger partial charge in [-0.15, -0.1) is 0 Å². The standard InChI is InChI=1S/C16H26N2O/c1-4-15(17(2)3)13-14-5-7-16(8-6-14)18-9-11-19-12-10-18/h5-8,15H,4,9-13H2,1-3H3. The molecule has 19 heavy (non-hydrogen) atoms. The molecule has 1 fully saturated rings. The lowest BCUT2D eigenvalue weighted by Crippen LogP contribution is -2.36. The molecule has 0 amide bonds. The summed E-state index contributed by atoms with van der Waals surface area (Å²) in [6.07, 6.45) is 2.32. The van der Waals surface area contributed by atoms with Crippen LogP contribution in [0, 0.1) is 0 Å². The van der Waals surface area contributed by atoms with Crippen LogP contribution >= 0.6 is 0 Å². The van der Waals surface area contributed by atoms with Gasteiger partial charge >= 0.3 is 0 Å². The van der Waals surface area contributed by atoms with Gasteiger partial charge in [0.25, 0.3) is 0 Å². The van der Waals surface area contributed by atoms with E-state index in [0.717, 1.165) is 32.7 Å². The van der Waals surface area contributed by atoms with Crippen molar-refractivity contribution >= 4 is 5.69 Å². The van der Waals surface area contributed by atoms with Crippen LogP contribution < -0.4 is 4.90 Å². The summed E-state index contributed by atoms with van der Waals surface area (Å²) in [6, 6.07) is 9.69. The van der Waals surface area contributed by atoms with Gasteiger partial charge in [0.05, 0.1) is 13.2 Å². The second-order valence-electron chi connectivity index (χ2n) is 5.50. The molecule has 1 atom stereocenters. The molecule has 0 radical (unpaired) electrons. The molecule has 2 rings (SSSR count). The summed E-state index contributed by atoms with van der Waals surface area (Å²) >= 11 is 0. The molecule has 0 bridgehead atoms. The van der Waals surface area contributed by atoms with Gasteiger partial charge in [-0.2, -0.15) is 0 Å². The number of morpholine rings is 1. The van der Waals surface area contributed by atoms with Crippen molar-refractivity contribution < 1.29 is 4.74 Å². The van der Waals surface area contributed by atoms with Gasteiger partial charge in [0, 0.05) is 24.8 Å². The molecule has 1 aliphatic heterocycles. The van der Waals surface area contributed by atoms with Gasteiger partial charge in [-0.25, -0.2) is 0 Å². The second-order valence-corrected chi connectivity index (χ2v) is 5.50. The molecule has 0 N–H and O–H groups in total. The smallest absolute Gasteiger partial charge is 0.0642 e. The van der Waals surface area contributed by atoms with E-state index in [0.29, 0.717) is 6.04 Å². The Morgan fingerprint density at radius 2 is 1.79 bits per heavy atom. The summed E-state index contributed by atoms with van der Waals surface area (Å²) in [5.74, 6) is 0. The minimum Gasteiger partial charge on any atom is -0.378 e. The van der Waals surface area contributed by atoms with Gasteiger partial charge in [-0.05, 0) is 44.6 Å². The maximum atomic E-state index is 5.39. The Morgan fingerprint density at radius 1 is 1.16 bits per heavy atom. The van der Waals surface area contributed by atoms with Crippen LogP contribution in [0.15, 0.2) is 24.3 Å². The summed E-state index contributed by atoms with van der Waals surface area (Å²) in [5, 5.41) is 0. The van der Waals surface area contributed by atoms with Crippen molar-refractivity contribution in [3.05, 3.63) is 29.8 Å². The number of benzene rings is 1.